The first kappa shape index (κ1) is 17.5. The van der Waals surface area contributed by atoms with E-state index in [1.165, 1.54) is 6.92 Å². The maximum atomic E-state index is 12.3. The van der Waals surface area contributed by atoms with E-state index >= 15 is 0 Å². The third-order valence-electron chi connectivity index (χ3n) is 3.54. The second-order valence-electron chi connectivity index (χ2n) is 5.29. The Labute approximate surface area is 141 Å². The van der Waals surface area contributed by atoms with Crippen LogP contribution >= 0.6 is 0 Å². The van der Waals surface area contributed by atoms with Gasteiger partial charge in [0.2, 0.25) is 5.91 Å². The average molecular weight is 326 g/mol. The van der Waals surface area contributed by atoms with Gasteiger partial charge in [0.25, 0.3) is 5.91 Å². The number of nitrogens with one attached hydrogen (secondary N) is 2. The van der Waals surface area contributed by atoms with Gasteiger partial charge in [-0.1, -0.05) is 6.07 Å². The molecule has 1 aromatic heterocycles. The van der Waals surface area contributed by atoms with Gasteiger partial charge in [0.05, 0.1) is 5.56 Å². The van der Waals surface area contributed by atoms with Crippen molar-refractivity contribution in [3.63, 3.8) is 0 Å². The smallest absolute Gasteiger partial charge is 0.257 e. The first-order valence-electron chi connectivity index (χ1n) is 7.93. The summed E-state index contributed by atoms with van der Waals surface area (Å²) >= 11 is 0. The van der Waals surface area contributed by atoms with Gasteiger partial charge in [-0.2, -0.15) is 0 Å². The molecule has 0 aliphatic carbocycles. The fraction of sp³-hybridized carbons (Fsp3) is 0.278. The van der Waals surface area contributed by atoms with E-state index in [0.29, 0.717) is 16.9 Å². The molecule has 6 heteroatoms. The molecule has 0 aliphatic heterocycles. The molecule has 0 unspecified atom stereocenters. The van der Waals surface area contributed by atoms with E-state index in [4.69, 9.17) is 0 Å². The second kappa shape index (κ2) is 8.10. The summed E-state index contributed by atoms with van der Waals surface area (Å²) in [7, 11) is 0. The molecule has 2 N–H and O–H groups in total. The normalized spacial score (nSPS) is 10.1. The Kier molecular flexibility index (Phi) is 5.89. The number of rotatable bonds is 6. The number of pyridine rings is 1. The van der Waals surface area contributed by atoms with E-state index < -0.39 is 0 Å². The zero-order chi connectivity index (χ0) is 17.5. The van der Waals surface area contributed by atoms with Gasteiger partial charge in [0, 0.05) is 37.6 Å². The molecule has 1 heterocycles. The van der Waals surface area contributed by atoms with E-state index in [-0.39, 0.29) is 11.8 Å². The summed E-state index contributed by atoms with van der Waals surface area (Å²) < 4.78 is 0. The molecule has 0 spiro atoms. The van der Waals surface area contributed by atoms with Gasteiger partial charge in [-0.25, -0.2) is 4.98 Å². The highest BCUT2D eigenvalue weighted by Gasteiger charge is 2.09. The Morgan fingerprint density at radius 1 is 1.04 bits per heavy atom. The van der Waals surface area contributed by atoms with E-state index in [1.54, 1.807) is 36.5 Å². The molecular weight excluding hydrogens is 304 g/mol. The summed E-state index contributed by atoms with van der Waals surface area (Å²) in [6.07, 6.45) is 1.57. The summed E-state index contributed by atoms with van der Waals surface area (Å²) in [5.41, 5.74) is 1.73. The van der Waals surface area contributed by atoms with Crippen LogP contribution in [0.25, 0.3) is 0 Å². The number of carbonyl (C=O) groups is 2. The molecule has 24 heavy (non-hydrogen) atoms. The van der Waals surface area contributed by atoms with Crippen molar-refractivity contribution in [2.75, 3.05) is 28.6 Å². The summed E-state index contributed by atoms with van der Waals surface area (Å²) in [6.45, 7) is 7.30. The van der Waals surface area contributed by atoms with Crippen LogP contribution < -0.4 is 15.5 Å². The monoisotopic (exact) mass is 326 g/mol. The van der Waals surface area contributed by atoms with Crippen molar-refractivity contribution >= 4 is 29.0 Å². The molecule has 0 fully saturated rings. The number of nitrogens with zero attached hydrogens (tertiary/aromatic N) is 2. The molecule has 2 aromatic rings. The number of carbonyl (C=O) groups excluding carboxylic acids is 2. The Morgan fingerprint density at radius 2 is 1.71 bits per heavy atom. The highest BCUT2D eigenvalue weighted by molar-refractivity contribution is 6.04. The SMILES string of the molecule is CCN(CC)c1ccc(C(=O)Nc2cccc(NC(C)=O)c2)cn1. The fourth-order valence-electron chi connectivity index (χ4n) is 2.34. The third-order valence-corrected chi connectivity index (χ3v) is 3.54. The van der Waals surface area contributed by atoms with Crippen molar-refractivity contribution in [2.24, 2.45) is 0 Å². The second-order valence-corrected chi connectivity index (χ2v) is 5.29. The van der Waals surface area contributed by atoms with Crippen LogP contribution in [0.2, 0.25) is 0 Å². The van der Waals surface area contributed by atoms with Crippen molar-refractivity contribution in [3.05, 3.63) is 48.2 Å². The molecular formula is C18H22N4O2. The topological polar surface area (TPSA) is 74.3 Å². The minimum absolute atomic E-state index is 0.158. The first-order valence-corrected chi connectivity index (χ1v) is 7.93. The number of anilines is 3. The molecule has 0 saturated heterocycles. The maximum absolute atomic E-state index is 12.3. The molecule has 6 nitrogen and oxygen atoms in total. The van der Waals surface area contributed by atoms with Crippen LogP contribution in [0.4, 0.5) is 17.2 Å². The molecule has 2 rings (SSSR count). The zero-order valence-electron chi connectivity index (χ0n) is 14.2. The summed E-state index contributed by atoms with van der Waals surface area (Å²) in [6, 6.07) is 10.6. The number of benzene rings is 1. The van der Waals surface area contributed by atoms with Gasteiger partial charge in [-0.05, 0) is 44.2 Å². The average Bonchev–Trinajstić information content (AvgIpc) is 2.56. The van der Waals surface area contributed by atoms with E-state index in [0.717, 1.165) is 18.9 Å². The quantitative estimate of drug-likeness (QED) is 0.855. The van der Waals surface area contributed by atoms with Gasteiger partial charge < -0.3 is 15.5 Å². The largest absolute Gasteiger partial charge is 0.357 e. The van der Waals surface area contributed by atoms with Crippen molar-refractivity contribution < 1.29 is 9.59 Å². The van der Waals surface area contributed by atoms with Crippen LogP contribution in [0.1, 0.15) is 31.1 Å². The lowest BCUT2D eigenvalue weighted by Gasteiger charge is -2.19. The van der Waals surface area contributed by atoms with E-state index in [1.807, 2.05) is 6.07 Å². The van der Waals surface area contributed by atoms with E-state index in [2.05, 4.69) is 34.4 Å². The van der Waals surface area contributed by atoms with Crippen molar-refractivity contribution in [2.45, 2.75) is 20.8 Å². The number of aromatic nitrogens is 1. The standard InChI is InChI=1S/C18H22N4O2/c1-4-22(5-2)17-10-9-14(12-19-17)18(24)21-16-8-6-7-15(11-16)20-13(3)23/h6-12H,4-5H2,1-3H3,(H,20,23)(H,21,24). The molecule has 0 bridgehead atoms. The molecule has 2 amide bonds. The van der Waals surface area contributed by atoms with Crippen molar-refractivity contribution in [1.82, 2.24) is 4.98 Å². The summed E-state index contributed by atoms with van der Waals surface area (Å²) in [5, 5.41) is 5.49. The van der Waals surface area contributed by atoms with Gasteiger partial charge in [-0.3, -0.25) is 9.59 Å². The minimum atomic E-state index is -0.242. The van der Waals surface area contributed by atoms with Crippen LogP contribution in [0.3, 0.4) is 0 Å². The number of hydrogen-bond donors (Lipinski definition) is 2. The Morgan fingerprint density at radius 3 is 2.25 bits per heavy atom. The molecule has 0 aliphatic rings. The Bertz CT molecular complexity index is 709. The van der Waals surface area contributed by atoms with Crippen LogP contribution in [-0.2, 0) is 4.79 Å². The minimum Gasteiger partial charge on any atom is -0.357 e. The Hall–Kier alpha value is -2.89. The van der Waals surface area contributed by atoms with Gasteiger partial charge in [0.15, 0.2) is 0 Å². The Balaban J connectivity index is 2.08. The van der Waals surface area contributed by atoms with E-state index in [9.17, 15) is 9.59 Å². The molecule has 0 atom stereocenters. The zero-order valence-corrected chi connectivity index (χ0v) is 14.2. The van der Waals surface area contributed by atoms with Gasteiger partial charge >= 0.3 is 0 Å². The van der Waals surface area contributed by atoms with Crippen LogP contribution in [0.5, 0.6) is 0 Å². The van der Waals surface area contributed by atoms with Crippen LogP contribution in [0.15, 0.2) is 42.6 Å². The predicted octanol–water partition coefficient (Wildman–Crippen LogP) is 3.14. The summed E-state index contributed by atoms with van der Waals surface area (Å²) in [5.74, 6) is 0.451. The molecule has 1 aromatic carbocycles. The molecule has 0 saturated carbocycles. The van der Waals surface area contributed by atoms with Gasteiger partial charge in [0.1, 0.15) is 5.82 Å². The van der Waals surface area contributed by atoms with Crippen LogP contribution in [-0.4, -0.2) is 29.9 Å². The predicted molar refractivity (Wildman–Crippen MR) is 96.5 cm³/mol. The lowest BCUT2D eigenvalue weighted by molar-refractivity contribution is -0.114. The highest BCUT2D eigenvalue weighted by Crippen LogP contribution is 2.17. The molecule has 126 valence electrons. The summed E-state index contributed by atoms with van der Waals surface area (Å²) in [4.78, 5) is 29.9. The van der Waals surface area contributed by atoms with Crippen molar-refractivity contribution in [3.8, 4) is 0 Å². The van der Waals surface area contributed by atoms with Gasteiger partial charge in [-0.15, -0.1) is 0 Å². The number of amides is 2. The highest BCUT2D eigenvalue weighted by atomic mass is 16.2. The lowest BCUT2D eigenvalue weighted by atomic mass is 10.2. The fourth-order valence-corrected chi connectivity index (χ4v) is 2.34. The number of hydrogen-bond acceptors (Lipinski definition) is 4. The third kappa shape index (κ3) is 4.55. The van der Waals surface area contributed by atoms with Crippen molar-refractivity contribution in [1.29, 1.82) is 0 Å². The molecule has 0 radical (unpaired) electrons. The first-order chi connectivity index (χ1) is 11.5. The van der Waals surface area contributed by atoms with Crippen LogP contribution in [0, 0.1) is 0 Å². The maximum Gasteiger partial charge on any atom is 0.257 e. The lowest BCUT2D eigenvalue weighted by Crippen LogP contribution is -2.23.